The van der Waals surface area contributed by atoms with Gasteiger partial charge in [0.15, 0.2) is 11.5 Å². The molecule has 3 aromatic rings. The van der Waals surface area contributed by atoms with Crippen molar-refractivity contribution in [1.29, 1.82) is 0 Å². The number of thiophene rings is 1. The van der Waals surface area contributed by atoms with Crippen LogP contribution >= 0.6 is 11.3 Å². The van der Waals surface area contributed by atoms with Crippen LogP contribution in [0.25, 0.3) is 16.2 Å². The van der Waals surface area contributed by atoms with Gasteiger partial charge in [-0.25, -0.2) is 9.50 Å². The molecule has 124 valence electrons. The smallest absolute Gasteiger partial charge is 0.167 e. The summed E-state index contributed by atoms with van der Waals surface area (Å²) in [5, 5.41) is 10.2. The fourth-order valence-corrected chi connectivity index (χ4v) is 3.54. The van der Waals surface area contributed by atoms with Crippen molar-refractivity contribution in [3.63, 3.8) is 0 Å². The van der Waals surface area contributed by atoms with Crippen molar-refractivity contribution in [2.45, 2.75) is 6.42 Å². The molecule has 0 amide bonds. The molecule has 24 heavy (non-hydrogen) atoms. The molecule has 1 aliphatic rings. The van der Waals surface area contributed by atoms with Crippen LogP contribution in [0.3, 0.4) is 0 Å². The lowest BCUT2D eigenvalue weighted by Gasteiger charge is -2.07. The van der Waals surface area contributed by atoms with Gasteiger partial charge in [-0.2, -0.15) is 5.10 Å². The average molecular weight is 340 g/mol. The Labute approximate surface area is 144 Å². The first kappa shape index (κ1) is 15.3. The van der Waals surface area contributed by atoms with Crippen molar-refractivity contribution in [3.05, 3.63) is 41.0 Å². The third-order valence-corrected chi connectivity index (χ3v) is 4.91. The number of aliphatic imine (C=N–C) groups is 1. The number of fused-ring (bicyclic) bond motifs is 1. The molecule has 4 heterocycles. The Morgan fingerprint density at radius 1 is 1.29 bits per heavy atom. The van der Waals surface area contributed by atoms with Crippen molar-refractivity contribution < 1.29 is 0 Å². The van der Waals surface area contributed by atoms with Crippen molar-refractivity contribution in [2.24, 2.45) is 4.99 Å². The van der Waals surface area contributed by atoms with E-state index in [4.69, 9.17) is 10.1 Å². The lowest BCUT2D eigenvalue weighted by molar-refractivity contribution is 0.409. The lowest BCUT2D eigenvalue weighted by Crippen LogP contribution is -2.20. The standard InChI is InChI=1S/C17H20N6S/c1-22(2)10-7-15-20-17-12(16-18-8-9-19-16)5-6-13(23(17)21-15)14-4-3-11-24-14/h3-6,11H,7-10H2,1-2H3,(H,18,19). The molecule has 0 radical (unpaired) electrons. The Morgan fingerprint density at radius 3 is 2.92 bits per heavy atom. The Hall–Kier alpha value is -2.25. The van der Waals surface area contributed by atoms with Crippen LogP contribution < -0.4 is 5.32 Å². The van der Waals surface area contributed by atoms with E-state index in [2.05, 4.69) is 58.9 Å². The summed E-state index contributed by atoms with van der Waals surface area (Å²) in [7, 11) is 4.13. The number of likely N-dealkylation sites (N-methyl/N-ethyl adjacent to an activating group) is 1. The van der Waals surface area contributed by atoms with Crippen LogP contribution in [0.2, 0.25) is 0 Å². The van der Waals surface area contributed by atoms with Gasteiger partial charge in [0, 0.05) is 19.5 Å². The first-order chi connectivity index (χ1) is 11.7. The Kier molecular flexibility index (Phi) is 4.03. The second-order valence-electron chi connectivity index (χ2n) is 6.08. The molecule has 3 aromatic heterocycles. The number of rotatable bonds is 5. The minimum atomic E-state index is 0.815. The van der Waals surface area contributed by atoms with E-state index in [0.29, 0.717) is 0 Å². The fraction of sp³-hybridized carbons (Fsp3) is 0.353. The molecule has 0 unspecified atom stereocenters. The van der Waals surface area contributed by atoms with E-state index in [0.717, 1.165) is 54.6 Å². The van der Waals surface area contributed by atoms with Gasteiger partial charge in [-0.3, -0.25) is 4.99 Å². The van der Waals surface area contributed by atoms with Gasteiger partial charge in [0.1, 0.15) is 5.84 Å². The highest BCUT2D eigenvalue weighted by molar-refractivity contribution is 7.13. The topological polar surface area (TPSA) is 57.8 Å². The molecular formula is C17H20N6S. The molecular weight excluding hydrogens is 320 g/mol. The van der Waals surface area contributed by atoms with Crippen molar-refractivity contribution >= 4 is 22.8 Å². The number of aromatic nitrogens is 3. The second kappa shape index (κ2) is 6.33. The summed E-state index contributed by atoms with van der Waals surface area (Å²) in [4.78, 5) is 12.7. The number of amidine groups is 1. The fourth-order valence-electron chi connectivity index (χ4n) is 2.81. The van der Waals surface area contributed by atoms with Gasteiger partial charge in [0.2, 0.25) is 0 Å². The van der Waals surface area contributed by atoms with Gasteiger partial charge in [-0.05, 0) is 37.7 Å². The van der Waals surface area contributed by atoms with Crippen molar-refractivity contribution in [2.75, 3.05) is 33.7 Å². The predicted molar refractivity (Wildman–Crippen MR) is 98.0 cm³/mol. The molecule has 1 aliphatic heterocycles. The molecule has 6 nitrogen and oxygen atoms in total. The molecule has 0 saturated heterocycles. The van der Waals surface area contributed by atoms with Crippen LogP contribution in [0.15, 0.2) is 34.6 Å². The quantitative estimate of drug-likeness (QED) is 0.771. The normalized spacial score (nSPS) is 14.4. The zero-order valence-corrected chi connectivity index (χ0v) is 14.7. The maximum absolute atomic E-state index is 4.81. The van der Waals surface area contributed by atoms with Crippen LogP contribution in [0, 0.1) is 0 Å². The molecule has 0 fully saturated rings. The van der Waals surface area contributed by atoms with Gasteiger partial charge in [0.25, 0.3) is 0 Å². The molecule has 0 aliphatic carbocycles. The van der Waals surface area contributed by atoms with Crippen LogP contribution in [0.4, 0.5) is 0 Å². The molecule has 0 aromatic carbocycles. The molecule has 0 saturated carbocycles. The minimum absolute atomic E-state index is 0.815. The van der Waals surface area contributed by atoms with Crippen LogP contribution in [0.1, 0.15) is 11.4 Å². The zero-order valence-electron chi connectivity index (χ0n) is 13.9. The summed E-state index contributed by atoms with van der Waals surface area (Å²) in [6.07, 6.45) is 0.831. The molecule has 4 rings (SSSR count). The third kappa shape index (κ3) is 2.81. The van der Waals surface area contributed by atoms with Crippen LogP contribution in [-0.4, -0.2) is 59.1 Å². The predicted octanol–water partition coefficient (Wildman–Crippen LogP) is 1.91. The van der Waals surface area contributed by atoms with E-state index in [9.17, 15) is 0 Å². The number of hydrogen-bond acceptors (Lipinski definition) is 6. The Balaban J connectivity index is 1.84. The van der Waals surface area contributed by atoms with E-state index in [1.807, 2.05) is 4.52 Å². The summed E-state index contributed by atoms with van der Waals surface area (Å²) in [6.45, 7) is 2.63. The molecule has 0 atom stereocenters. The number of nitrogens with one attached hydrogen (secondary N) is 1. The Morgan fingerprint density at radius 2 is 2.21 bits per heavy atom. The largest absolute Gasteiger partial charge is 0.368 e. The van der Waals surface area contributed by atoms with E-state index < -0.39 is 0 Å². The minimum Gasteiger partial charge on any atom is -0.368 e. The molecule has 0 bridgehead atoms. The molecule has 7 heteroatoms. The summed E-state index contributed by atoms with van der Waals surface area (Å²) in [5.74, 6) is 1.79. The Bertz CT molecular complexity index is 878. The van der Waals surface area contributed by atoms with Gasteiger partial charge in [-0.1, -0.05) is 6.07 Å². The van der Waals surface area contributed by atoms with E-state index in [1.165, 1.54) is 4.88 Å². The lowest BCUT2D eigenvalue weighted by atomic mass is 10.2. The van der Waals surface area contributed by atoms with Gasteiger partial charge in [0.05, 0.1) is 22.7 Å². The summed E-state index contributed by atoms with van der Waals surface area (Å²) >= 11 is 1.71. The highest BCUT2D eigenvalue weighted by atomic mass is 32.1. The van der Waals surface area contributed by atoms with Gasteiger partial charge in [-0.15, -0.1) is 11.3 Å². The SMILES string of the molecule is CN(C)CCc1nc2c(C3=NCCN3)ccc(-c3cccs3)n2n1. The first-order valence-electron chi connectivity index (χ1n) is 8.08. The van der Waals surface area contributed by atoms with E-state index in [-0.39, 0.29) is 0 Å². The number of nitrogens with zero attached hydrogens (tertiary/aromatic N) is 5. The van der Waals surface area contributed by atoms with Gasteiger partial charge < -0.3 is 10.2 Å². The maximum Gasteiger partial charge on any atom is 0.167 e. The maximum atomic E-state index is 4.81. The van der Waals surface area contributed by atoms with Crippen LogP contribution in [0.5, 0.6) is 0 Å². The molecule has 0 spiro atoms. The molecule has 1 N–H and O–H groups in total. The average Bonchev–Trinajstić information content (AvgIpc) is 3.32. The number of pyridine rings is 1. The summed E-state index contributed by atoms with van der Waals surface area (Å²) in [6, 6.07) is 8.39. The van der Waals surface area contributed by atoms with Crippen molar-refractivity contribution in [1.82, 2.24) is 24.8 Å². The summed E-state index contributed by atoms with van der Waals surface area (Å²) < 4.78 is 1.97. The highest BCUT2D eigenvalue weighted by Gasteiger charge is 2.18. The van der Waals surface area contributed by atoms with Crippen LogP contribution in [-0.2, 0) is 6.42 Å². The third-order valence-electron chi connectivity index (χ3n) is 4.01. The van der Waals surface area contributed by atoms with Gasteiger partial charge >= 0.3 is 0 Å². The van der Waals surface area contributed by atoms with E-state index in [1.54, 1.807) is 11.3 Å². The highest BCUT2D eigenvalue weighted by Crippen LogP contribution is 2.26. The zero-order chi connectivity index (χ0) is 16.5. The number of hydrogen-bond donors (Lipinski definition) is 1. The summed E-state index contributed by atoms with van der Waals surface area (Å²) in [5.41, 5.74) is 2.98. The van der Waals surface area contributed by atoms with E-state index >= 15 is 0 Å². The second-order valence-corrected chi connectivity index (χ2v) is 7.03. The first-order valence-corrected chi connectivity index (χ1v) is 8.96. The van der Waals surface area contributed by atoms with Crippen molar-refractivity contribution in [3.8, 4) is 10.6 Å². The monoisotopic (exact) mass is 340 g/mol.